The molecule has 0 bridgehead atoms. The number of aliphatic hydroxyl groups is 2. The second-order valence-corrected chi connectivity index (χ2v) is 4.23. The lowest BCUT2D eigenvalue weighted by atomic mass is 10.0. The van der Waals surface area contributed by atoms with Crippen molar-refractivity contribution in [3.8, 4) is 0 Å². The minimum Gasteiger partial charge on any atom is -0.389 e. The molecule has 1 aliphatic rings. The Labute approximate surface area is 92.9 Å². The van der Waals surface area contributed by atoms with Gasteiger partial charge in [0.2, 0.25) is 0 Å². The molecular weight excluding hydrogens is 204 g/mol. The molecule has 0 unspecified atom stereocenters. The number of H-pyrrole nitrogens is 1. The van der Waals surface area contributed by atoms with Gasteiger partial charge in [-0.15, -0.1) is 0 Å². The maximum Gasteiger partial charge on any atom is 0.101 e. The van der Waals surface area contributed by atoms with Gasteiger partial charge in [-0.25, -0.2) is 0 Å². The van der Waals surface area contributed by atoms with Gasteiger partial charge in [0.05, 0.1) is 12.1 Å². The van der Waals surface area contributed by atoms with Crippen molar-refractivity contribution in [2.45, 2.75) is 18.2 Å². The van der Waals surface area contributed by atoms with Crippen LogP contribution in [0.3, 0.4) is 0 Å². The van der Waals surface area contributed by atoms with Gasteiger partial charge < -0.3 is 20.5 Å². The second kappa shape index (κ2) is 3.59. The molecule has 16 heavy (non-hydrogen) atoms. The van der Waals surface area contributed by atoms with Crippen LogP contribution >= 0.6 is 0 Å². The van der Waals surface area contributed by atoms with Gasteiger partial charge in [-0.3, -0.25) is 0 Å². The van der Waals surface area contributed by atoms with E-state index in [9.17, 15) is 10.2 Å². The first-order valence-electron chi connectivity index (χ1n) is 5.43. The van der Waals surface area contributed by atoms with Gasteiger partial charge in [0, 0.05) is 23.6 Å². The van der Waals surface area contributed by atoms with E-state index in [1.54, 1.807) is 0 Å². The standard InChI is InChI=1S/C12H14N2O2/c15-10-6-14-11(12(10)16)8-5-13-9-4-2-1-3-7(8)9/h1-5,10-16H,6H2/t10-,11+,12-/m1/s1. The van der Waals surface area contributed by atoms with Gasteiger partial charge in [-0.2, -0.15) is 0 Å². The van der Waals surface area contributed by atoms with Gasteiger partial charge in [0.25, 0.3) is 0 Å². The molecule has 1 aliphatic heterocycles. The lowest BCUT2D eigenvalue weighted by Gasteiger charge is -2.15. The average molecular weight is 218 g/mol. The van der Waals surface area contributed by atoms with E-state index in [0.717, 1.165) is 16.5 Å². The fraction of sp³-hybridized carbons (Fsp3) is 0.333. The van der Waals surface area contributed by atoms with E-state index in [0.29, 0.717) is 6.54 Å². The molecule has 2 heterocycles. The summed E-state index contributed by atoms with van der Waals surface area (Å²) in [5.74, 6) is 0. The lowest BCUT2D eigenvalue weighted by molar-refractivity contribution is 0.0407. The quantitative estimate of drug-likeness (QED) is 0.564. The monoisotopic (exact) mass is 218 g/mol. The molecule has 3 atom stereocenters. The van der Waals surface area contributed by atoms with Crippen molar-refractivity contribution in [1.29, 1.82) is 0 Å². The SMILES string of the molecule is O[C@@H]1[C@H](O)CN[C@H]1c1c[nH]c2ccccc12. The van der Waals surface area contributed by atoms with Crippen molar-refractivity contribution in [2.75, 3.05) is 6.54 Å². The molecular formula is C12H14N2O2. The first kappa shape index (κ1) is 9.84. The van der Waals surface area contributed by atoms with E-state index >= 15 is 0 Å². The van der Waals surface area contributed by atoms with Crippen LogP contribution in [0, 0.1) is 0 Å². The maximum absolute atomic E-state index is 9.86. The maximum atomic E-state index is 9.86. The van der Waals surface area contributed by atoms with Gasteiger partial charge >= 0.3 is 0 Å². The van der Waals surface area contributed by atoms with Crippen LogP contribution in [-0.4, -0.2) is 33.9 Å². The zero-order valence-electron chi connectivity index (χ0n) is 8.72. The summed E-state index contributed by atoms with van der Waals surface area (Å²) >= 11 is 0. The average Bonchev–Trinajstić information content (AvgIpc) is 2.85. The van der Waals surface area contributed by atoms with Crippen molar-refractivity contribution in [2.24, 2.45) is 0 Å². The highest BCUT2D eigenvalue weighted by atomic mass is 16.3. The van der Waals surface area contributed by atoms with Crippen LogP contribution in [0.4, 0.5) is 0 Å². The molecule has 0 aliphatic carbocycles. The van der Waals surface area contributed by atoms with Crippen LogP contribution in [0.1, 0.15) is 11.6 Å². The van der Waals surface area contributed by atoms with E-state index < -0.39 is 12.2 Å². The van der Waals surface area contributed by atoms with Crippen molar-refractivity contribution in [1.82, 2.24) is 10.3 Å². The van der Waals surface area contributed by atoms with Gasteiger partial charge in [0.1, 0.15) is 6.10 Å². The third kappa shape index (κ3) is 1.35. The van der Waals surface area contributed by atoms with E-state index in [1.165, 1.54) is 0 Å². The van der Waals surface area contributed by atoms with Gasteiger partial charge in [-0.1, -0.05) is 18.2 Å². The van der Waals surface area contributed by atoms with Crippen LogP contribution in [0.5, 0.6) is 0 Å². The van der Waals surface area contributed by atoms with E-state index in [-0.39, 0.29) is 6.04 Å². The number of benzene rings is 1. The Morgan fingerprint density at radius 2 is 2.00 bits per heavy atom. The van der Waals surface area contributed by atoms with E-state index in [2.05, 4.69) is 10.3 Å². The summed E-state index contributed by atoms with van der Waals surface area (Å²) in [6, 6.07) is 7.76. The molecule has 0 amide bonds. The summed E-state index contributed by atoms with van der Waals surface area (Å²) in [6.45, 7) is 0.436. The number of para-hydroxylation sites is 1. The highest BCUT2D eigenvalue weighted by Crippen LogP contribution is 2.29. The Balaban J connectivity index is 2.06. The molecule has 84 valence electrons. The van der Waals surface area contributed by atoms with Crippen molar-refractivity contribution >= 4 is 10.9 Å². The molecule has 4 heteroatoms. The number of rotatable bonds is 1. The third-order valence-corrected chi connectivity index (χ3v) is 3.24. The van der Waals surface area contributed by atoms with E-state index in [1.807, 2.05) is 30.5 Å². The number of hydrogen-bond acceptors (Lipinski definition) is 3. The first-order valence-corrected chi connectivity index (χ1v) is 5.43. The second-order valence-electron chi connectivity index (χ2n) is 4.23. The van der Waals surface area contributed by atoms with Gasteiger partial charge in [0.15, 0.2) is 0 Å². The number of hydrogen-bond donors (Lipinski definition) is 4. The summed E-state index contributed by atoms with van der Waals surface area (Å²) in [5, 5.41) is 23.6. The highest BCUT2D eigenvalue weighted by Gasteiger charge is 2.35. The lowest BCUT2D eigenvalue weighted by Crippen LogP contribution is -2.25. The summed E-state index contributed by atoms with van der Waals surface area (Å²) in [7, 11) is 0. The Morgan fingerprint density at radius 3 is 2.75 bits per heavy atom. The normalized spacial score (nSPS) is 30.0. The predicted molar refractivity (Wildman–Crippen MR) is 61.1 cm³/mol. The van der Waals surface area contributed by atoms with Crippen molar-refractivity contribution < 1.29 is 10.2 Å². The summed E-state index contributed by atoms with van der Waals surface area (Å²) in [6.07, 6.45) is 0.474. The fourth-order valence-corrected chi connectivity index (χ4v) is 2.36. The number of aromatic amines is 1. The molecule has 0 saturated carbocycles. The molecule has 1 aromatic carbocycles. The summed E-state index contributed by atoms with van der Waals surface area (Å²) < 4.78 is 0. The van der Waals surface area contributed by atoms with Crippen molar-refractivity contribution in [3.05, 3.63) is 36.0 Å². The minimum atomic E-state index is -0.737. The molecule has 4 N–H and O–H groups in total. The highest BCUT2D eigenvalue weighted by molar-refractivity contribution is 5.83. The number of β-amino-alcohol motifs (C(OH)–C–C–N with tert-alkyl or cyclic N) is 1. The van der Waals surface area contributed by atoms with Crippen LogP contribution in [0.15, 0.2) is 30.5 Å². The Hall–Kier alpha value is -1.36. The molecule has 3 rings (SSSR count). The minimum absolute atomic E-state index is 0.189. The Morgan fingerprint density at radius 1 is 1.19 bits per heavy atom. The number of aromatic nitrogens is 1. The molecule has 4 nitrogen and oxygen atoms in total. The fourth-order valence-electron chi connectivity index (χ4n) is 2.36. The zero-order chi connectivity index (χ0) is 11.1. The van der Waals surface area contributed by atoms with Crippen molar-refractivity contribution in [3.63, 3.8) is 0 Å². The zero-order valence-corrected chi connectivity index (χ0v) is 8.72. The Bertz CT molecular complexity index is 508. The molecule has 1 saturated heterocycles. The largest absolute Gasteiger partial charge is 0.389 e. The third-order valence-electron chi connectivity index (χ3n) is 3.24. The molecule has 0 spiro atoms. The van der Waals surface area contributed by atoms with E-state index in [4.69, 9.17) is 0 Å². The summed E-state index contributed by atoms with van der Waals surface area (Å²) in [5.41, 5.74) is 2.06. The predicted octanol–water partition coefficient (Wildman–Crippen LogP) is 0.534. The van der Waals surface area contributed by atoms with Crippen LogP contribution in [0.2, 0.25) is 0 Å². The number of fused-ring (bicyclic) bond motifs is 1. The summed E-state index contributed by atoms with van der Waals surface area (Å²) in [4.78, 5) is 3.17. The smallest absolute Gasteiger partial charge is 0.101 e. The van der Waals surface area contributed by atoms with Crippen LogP contribution in [0.25, 0.3) is 10.9 Å². The molecule has 0 radical (unpaired) electrons. The van der Waals surface area contributed by atoms with Crippen LogP contribution in [-0.2, 0) is 0 Å². The number of nitrogens with one attached hydrogen (secondary N) is 2. The number of aliphatic hydroxyl groups excluding tert-OH is 2. The topological polar surface area (TPSA) is 68.3 Å². The van der Waals surface area contributed by atoms with Crippen LogP contribution < -0.4 is 5.32 Å². The molecule has 1 aromatic heterocycles. The molecule has 1 fully saturated rings. The Kier molecular flexibility index (Phi) is 2.21. The first-order chi connectivity index (χ1) is 7.77. The molecule has 2 aromatic rings. The van der Waals surface area contributed by atoms with Gasteiger partial charge in [-0.05, 0) is 11.6 Å².